The smallest absolute Gasteiger partial charge is 0.334 e. The second-order valence-electron chi connectivity index (χ2n) is 6.30. The summed E-state index contributed by atoms with van der Waals surface area (Å²) < 4.78 is 45.1. The number of aromatic nitrogens is 4. The molecule has 28 heavy (non-hydrogen) atoms. The highest BCUT2D eigenvalue weighted by Crippen LogP contribution is 2.37. The van der Waals surface area contributed by atoms with Gasteiger partial charge in [0.2, 0.25) is 0 Å². The third-order valence-corrected chi connectivity index (χ3v) is 5.38. The molecule has 12 heteroatoms. The summed E-state index contributed by atoms with van der Waals surface area (Å²) in [5, 5.41) is 6.16. The van der Waals surface area contributed by atoms with E-state index in [1.807, 2.05) is 6.26 Å². The number of carbonyl (C=O) groups excluding carboxylic acids is 1. The van der Waals surface area contributed by atoms with Crippen LogP contribution in [0.5, 0.6) is 0 Å². The first-order valence-corrected chi connectivity index (χ1v) is 9.75. The number of rotatable bonds is 4. The molecule has 4 heterocycles. The summed E-state index contributed by atoms with van der Waals surface area (Å²) in [6, 6.07) is 1.10. The number of imidazole rings is 1. The summed E-state index contributed by atoms with van der Waals surface area (Å²) in [7, 11) is 0. The summed E-state index contributed by atoms with van der Waals surface area (Å²) in [4.78, 5) is 18.1. The lowest BCUT2D eigenvalue weighted by Crippen LogP contribution is -2.58. The Morgan fingerprint density at radius 3 is 2.75 bits per heavy atom. The zero-order valence-electron chi connectivity index (χ0n) is 14.4. The quantitative estimate of drug-likeness (QED) is 0.622. The van der Waals surface area contributed by atoms with Crippen molar-refractivity contribution in [1.82, 2.24) is 29.2 Å². The first-order valence-electron chi connectivity index (χ1n) is 8.15. The van der Waals surface area contributed by atoms with Crippen molar-refractivity contribution in [3.63, 3.8) is 0 Å². The van der Waals surface area contributed by atoms with Crippen LogP contribution in [0.15, 0.2) is 24.7 Å². The summed E-state index contributed by atoms with van der Waals surface area (Å²) in [5.41, 5.74) is -0.872. The second-order valence-corrected chi connectivity index (χ2v) is 7.30. The zero-order valence-corrected chi connectivity index (χ0v) is 16.0. The van der Waals surface area contributed by atoms with E-state index < -0.39 is 23.3 Å². The van der Waals surface area contributed by atoms with Crippen LogP contribution in [0.1, 0.15) is 16.1 Å². The molecule has 0 bridgehead atoms. The Labute approximate surface area is 166 Å². The molecule has 1 amide bonds. The fourth-order valence-electron chi connectivity index (χ4n) is 3.06. The van der Waals surface area contributed by atoms with E-state index in [1.165, 1.54) is 35.4 Å². The van der Waals surface area contributed by atoms with Crippen LogP contribution in [0.3, 0.4) is 0 Å². The SMILES string of the molecule is CSNC1CN(C(=O)c2nc3c(C(F)(F)F)cc(-c4cn[nH]c4)cn3c2Cl)C1. The van der Waals surface area contributed by atoms with Crippen molar-refractivity contribution in [2.75, 3.05) is 19.3 Å². The van der Waals surface area contributed by atoms with Gasteiger partial charge < -0.3 is 4.90 Å². The Hall–Kier alpha value is -2.24. The molecule has 0 radical (unpaired) electrons. The molecule has 3 aromatic rings. The number of aromatic amines is 1. The van der Waals surface area contributed by atoms with Gasteiger partial charge in [-0.1, -0.05) is 23.5 Å². The first-order chi connectivity index (χ1) is 13.3. The van der Waals surface area contributed by atoms with Crippen LogP contribution >= 0.6 is 23.5 Å². The van der Waals surface area contributed by atoms with E-state index in [4.69, 9.17) is 11.6 Å². The molecular formula is C16H14ClF3N6OS. The molecule has 1 fully saturated rings. The van der Waals surface area contributed by atoms with Crippen molar-refractivity contribution < 1.29 is 18.0 Å². The molecular weight excluding hydrogens is 417 g/mol. The molecule has 0 aliphatic carbocycles. The van der Waals surface area contributed by atoms with Gasteiger partial charge in [0.05, 0.1) is 17.8 Å². The van der Waals surface area contributed by atoms with Gasteiger partial charge in [-0.2, -0.15) is 18.3 Å². The van der Waals surface area contributed by atoms with Crippen LogP contribution in [0.2, 0.25) is 5.15 Å². The fraction of sp³-hybridized carbons (Fsp3) is 0.312. The molecule has 7 nitrogen and oxygen atoms in total. The predicted octanol–water partition coefficient (Wildman–Crippen LogP) is 3.09. The fourth-order valence-corrected chi connectivity index (χ4v) is 3.80. The highest BCUT2D eigenvalue weighted by atomic mass is 35.5. The lowest BCUT2D eigenvalue weighted by atomic mass is 10.1. The van der Waals surface area contributed by atoms with Gasteiger partial charge in [0, 0.05) is 36.6 Å². The molecule has 0 saturated carbocycles. The number of nitrogens with zero attached hydrogens (tertiary/aromatic N) is 4. The number of likely N-dealkylation sites (tertiary alicyclic amines) is 1. The van der Waals surface area contributed by atoms with E-state index >= 15 is 0 Å². The normalized spacial score (nSPS) is 15.2. The molecule has 0 atom stereocenters. The maximum atomic E-state index is 13.6. The number of hydrogen-bond acceptors (Lipinski definition) is 5. The lowest BCUT2D eigenvalue weighted by Gasteiger charge is -2.38. The Kier molecular flexibility index (Phi) is 4.76. The monoisotopic (exact) mass is 430 g/mol. The van der Waals surface area contributed by atoms with Crippen molar-refractivity contribution in [2.45, 2.75) is 12.2 Å². The van der Waals surface area contributed by atoms with E-state index in [-0.39, 0.29) is 22.5 Å². The van der Waals surface area contributed by atoms with E-state index in [0.29, 0.717) is 18.7 Å². The minimum absolute atomic E-state index is 0.133. The largest absolute Gasteiger partial charge is 0.420 e. The number of hydrogen-bond donors (Lipinski definition) is 2. The molecule has 1 saturated heterocycles. The van der Waals surface area contributed by atoms with Gasteiger partial charge in [-0.15, -0.1) is 0 Å². The van der Waals surface area contributed by atoms with Gasteiger partial charge in [0.15, 0.2) is 11.3 Å². The predicted molar refractivity (Wildman–Crippen MR) is 99.1 cm³/mol. The minimum Gasteiger partial charge on any atom is -0.334 e. The number of pyridine rings is 1. The van der Waals surface area contributed by atoms with Gasteiger partial charge in [-0.25, -0.2) is 4.98 Å². The summed E-state index contributed by atoms with van der Waals surface area (Å²) >= 11 is 7.71. The first kappa shape index (κ1) is 19.1. The van der Waals surface area contributed by atoms with Crippen LogP contribution in [-0.4, -0.2) is 55.8 Å². The Morgan fingerprint density at radius 1 is 1.39 bits per heavy atom. The maximum absolute atomic E-state index is 13.6. The van der Waals surface area contributed by atoms with Crippen molar-refractivity contribution >= 4 is 35.1 Å². The number of halogens is 4. The second kappa shape index (κ2) is 6.98. The van der Waals surface area contributed by atoms with Crippen molar-refractivity contribution in [3.8, 4) is 11.1 Å². The lowest BCUT2D eigenvalue weighted by molar-refractivity contribution is -0.136. The van der Waals surface area contributed by atoms with E-state index in [2.05, 4.69) is 19.9 Å². The molecule has 4 rings (SSSR count). The van der Waals surface area contributed by atoms with Crippen LogP contribution in [0.4, 0.5) is 13.2 Å². The highest BCUT2D eigenvalue weighted by Gasteiger charge is 2.38. The summed E-state index contributed by atoms with van der Waals surface area (Å²) in [6.45, 7) is 0.881. The zero-order chi connectivity index (χ0) is 20.1. The average molecular weight is 431 g/mol. The Balaban J connectivity index is 1.78. The standard InChI is InChI=1S/C16H14ClF3N6OS/c1-28-24-10-6-25(7-10)15(27)12-13(17)26-5-8(9-3-21-22-4-9)2-11(14(26)23-12)16(18,19)20/h2-5,10,24H,6-7H2,1H3,(H,21,22). The number of carbonyl (C=O) groups is 1. The van der Waals surface area contributed by atoms with Gasteiger partial charge in [0.25, 0.3) is 5.91 Å². The highest BCUT2D eigenvalue weighted by molar-refractivity contribution is 7.96. The van der Waals surface area contributed by atoms with Crippen LogP contribution in [0, 0.1) is 0 Å². The van der Waals surface area contributed by atoms with Crippen molar-refractivity contribution in [2.24, 2.45) is 0 Å². The molecule has 1 aliphatic heterocycles. The summed E-state index contributed by atoms with van der Waals surface area (Å²) in [5.74, 6) is -0.495. The minimum atomic E-state index is -4.67. The van der Waals surface area contributed by atoms with E-state index in [0.717, 1.165) is 10.5 Å². The van der Waals surface area contributed by atoms with Crippen LogP contribution in [0.25, 0.3) is 16.8 Å². The molecule has 0 unspecified atom stereocenters. The topological polar surface area (TPSA) is 78.3 Å². The third-order valence-electron chi connectivity index (χ3n) is 4.45. The average Bonchev–Trinajstić information content (AvgIpc) is 3.24. The molecule has 2 N–H and O–H groups in total. The van der Waals surface area contributed by atoms with E-state index in [9.17, 15) is 18.0 Å². The molecule has 148 valence electrons. The number of nitrogens with one attached hydrogen (secondary N) is 2. The molecule has 3 aromatic heterocycles. The van der Waals surface area contributed by atoms with Crippen LogP contribution in [-0.2, 0) is 6.18 Å². The van der Waals surface area contributed by atoms with Crippen molar-refractivity contribution in [3.05, 3.63) is 41.1 Å². The van der Waals surface area contributed by atoms with Crippen LogP contribution < -0.4 is 4.72 Å². The van der Waals surface area contributed by atoms with Gasteiger partial charge in [-0.05, 0) is 12.3 Å². The number of alkyl halides is 3. The summed E-state index contributed by atoms with van der Waals surface area (Å²) in [6.07, 6.45) is 1.49. The van der Waals surface area contributed by atoms with Crippen molar-refractivity contribution in [1.29, 1.82) is 0 Å². The number of fused-ring (bicyclic) bond motifs is 1. The van der Waals surface area contributed by atoms with Gasteiger partial charge in [-0.3, -0.25) is 19.0 Å². The van der Waals surface area contributed by atoms with Gasteiger partial charge in [0.1, 0.15) is 5.15 Å². The molecule has 0 spiro atoms. The number of H-pyrrole nitrogens is 1. The number of amides is 1. The van der Waals surface area contributed by atoms with Gasteiger partial charge >= 0.3 is 6.18 Å². The third kappa shape index (κ3) is 3.23. The van der Waals surface area contributed by atoms with E-state index in [1.54, 1.807) is 0 Å². The molecule has 0 aromatic carbocycles. The maximum Gasteiger partial charge on any atom is 0.420 e. The Bertz CT molecular complexity index is 1030. The molecule has 1 aliphatic rings. The Morgan fingerprint density at radius 2 is 2.14 bits per heavy atom.